The second-order valence-electron chi connectivity index (χ2n) is 4.97. The van der Waals surface area contributed by atoms with E-state index in [-0.39, 0.29) is 37.7 Å². The molecule has 1 aliphatic heterocycles. The van der Waals surface area contributed by atoms with Gasteiger partial charge in [-0.25, -0.2) is 13.1 Å². The number of hydrogen-bond acceptors (Lipinski definition) is 4. The topological polar surface area (TPSA) is 75.7 Å². The van der Waals surface area contributed by atoms with Crippen molar-refractivity contribution in [1.29, 1.82) is 0 Å². The average Bonchev–Trinajstić information content (AvgIpc) is 2.58. The van der Waals surface area contributed by atoms with Crippen LogP contribution in [0, 0.1) is 0 Å². The highest BCUT2D eigenvalue weighted by molar-refractivity contribution is 7.89. The maximum absolute atomic E-state index is 12.2. The van der Waals surface area contributed by atoms with Crippen LogP contribution in [0.4, 0.5) is 13.2 Å². The first-order valence-electron chi connectivity index (χ1n) is 6.74. The van der Waals surface area contributed by atoms with E-state index in [2.05, 4.69) is 9.46 Å². The molecule has 1 aromatic carbocycles. The van der Waals surface area contributed by atoms with Gasteiger partial charge in [0.1, 0.15) is 5.75 Å². The fraction of sp³-hybridized carbons (Fsp3) is 0.462. The van der Waals surface area contributed by atoms with Crippen molar-refractivity contribution in [2.45, 2.75) is 12.8 Å². The Morgan fingerprint density at radius 1 is 1.30 bits per heavy atom. The Morgan fingerprint density at radius 2 is 2.04 bits per heavy atom. The van der Waals surface area contributed by atoms with Crippen LogP contribution in [0.2, 0.25) is 0 Å². The lowest BCUT2D eigenvalue weighted by Crippen LogP contribution is -2.35. The van der Waals surface area contributed by atoms with Crippen LogP contribution in [0.3, 0.4) is 0 Å². The van der Waals surface area contributed by atoms with E-state index in [0.717, 1.165) is 12.1 Å². The number of rotatable bonds is 3. The average molecular weight is 352 g/mol. The van der Waals surface area contributed by atoms with Gasteiger partial charge in [-0.05, 0) is 17.7 Å². The fourth-order valence-corrected chi connectivity index (χ4v) is 3.15. The lowest BCUT2D eigenvalue weighted by Gasteiger charge is -2.19. The molecular weight excluding hydrogens is 337 g/mol. The summed E-state index contributed by atoms with van der Waals surface area (Å²) in [6.45, 7) is 0.384. The first-order valence-corrected chi connectivity index (χ1v) is 8.40. The van der Waals surface area contributed by atoms with Gasteiger partial charge in [0.2, 0.25) is 15.9 Å². The van der Waals surface area contributed by atoms with Gasteiger partial charge < -0.3 is 9.64 Å². The van der Waals surface area contributed by atoms with Crippen LogP contribution in [-0.2, 0) is 21.2 Å². The monoisotopic (exact) mass is 352 g/mol. The highest BCUT2D eigenvalue weighted by Gasteiger charge is 2.31. The second-order valence-corrected chi connectivity index (χ2v) is 6.89. The summed E-state index contributed by atoms with van der Waals surface area (Å²) in [6, 6.07) is 5.15. The number of ether oxygens (including phenoxy) is 1. The van der Waals surface area contributed by atoms with Gasteiger partial charge in [-0.2, -0.15) is 0 Å². The standard InChI is InChI=1S/C13H15F3N2O4S/c14-13(15,16)22-11-3-1-2-10(8-11)9-12(19)18-5-4-17-23(20,21)7-6-18/h1-3,8,17H,4-7,9H2. The summed E-state index contributed by atoms with van der Waals surface area (Å²) >= 11 is 0. The van der Waals surface area contributed by atoms with Crippen molar-refractivity contribution < 1.29 is 31.1 Å². The first kappa shape index (κ1) is 17.5. The van der Waals surface area contributed by atoms with Crippen molar-refractivity contribution in [2.75, 3.05) is 25.4 Å². The predicted molar refractivity (Wildman–Crippen MR) is 75.2 cm³/mol. The van der Waals surface area contributed by atoms with Crippen LogP contribution in [0.5, 0.6) is 5.75 Å². The number of carbonyl (C=O) groups is 1. The molecule has 0 bridgehead atoms. The molecule has 1 saturated heterocycles. The van der Waals surface area contributed by atoms with Gasteiger partial charge in [0.05, 0.1) is 12.2 Å². The van der Waals surface area contributed by atoms with Crippen molar-refractivity contribution in [3.8, 4) is 5.75 Å². The summed E-state index contributed by atoms with van der Waals surface area (Å²) in [5.41, 5.74) is 0.358. The Kier molecular flexibility index (Phi) is 5.15. The number of hydrogen-bond donors (Lipinski definition) is 1. The Balaban J connectivity index is 2.01. The Morgan fingerprint density at radius 3 is 2.74 bits per heavy atom. The van der Waals surface area contributed by atoms with Gasteiger partial charge in [-0.3, -0.25) is 4.79 Å². The second kappa shape index (κ2) is 6.75. The molecule has 1 aromatic rings. The summed E-state index contributed by atoms with van der Waals surface area (Å²) in [6.07, 6.45) is -4.93. The summed E-state index contributed by atoms with van der Waals surface area (Å²) in [7, 11) is -3.37. The van der Waals surface area contributed by atoms with E-state index in [4.69, 9.17) is 0 Å². The molecule has 10 heteroatoms. The van der Waals surface area contributed by atoms with Crippen molar-refractivity contribution in [3.05, 3.63) is 29.8 Å². The van der Waals surface area contributed by atoms with Crippen LogP contribution < -0.4 is 9.46 Å². The van der Waals surface area contributed by atoms with Crippen LogP contribution >= 0.6 is 0 Å². The van der Waals surface area contributed by atoms with E-state index >= 15 is 0 Å². The molecule has 1 aliphatic rings. The molecule has 0 radical (unpaired) electrons. The maximum atomic E-state index is 12.2. The summed E-state index contributed by atoms with van der Waals surface area (Å²) in [5.74, 6) is -0.952. The Bertz CT molecular complexity index is 676. The summed E-state index contributed by atoms with van der Waals surface area (Å²) in [5, 5.41) is 0. The van der Waals surface area contributed by atoms with Crippen molar-refractivity contribution in [2.24, 2.45) is 0 Å². The van der Waals surface area contributed by atoms with E-state index in [0.29, 0.717) is 5.56 Å². The van der Waals surface area contributed by atoms with Crippen molar-refractivity contribution >= 4 is 15.9 Å². The molecule has 1 heterocycles. The number of alkyl halides is 3. The zero-order valence-electron chi connectivity index (χ0n) is 12.0. The molecule has 2 rings (SSSR count). The lowest BCUT2D eigenvalue weighted by molar-refractivity contribution is -0.274. The molecule has 128 valence electrons. The number of amides is 1. The van der Waals surface area contributed by atoms with Crippen molar-refractivity contribution in [3.63, 3.8) is 0 Å². The number of nitrogens with zero attached hydrogens (tertiary/aromatic N) is 1. The minimum Gasteiger partial charge on any atom is -0.406 e. The zero-order chi connectivity index (χ0) is 17.1. The number of benzene rings is 1. The van der Waals surface area contributed by atoms with E-state index in [1.807, 2.05) is 0 Å². The van der Waals surface area contributed by atoms with Crippen LogP contribution in [0.25, 0.3) is 0 Å². The minimum atomic E-state index is -4.80. The molecule has 0 spiro atoms. The quantitative estimate of drug-likeness (QED) is 0.877. The summed E-state index contributed by atoms with van der Waals surface area (Å²) in [4.78, 5) is 13.5. The number of halogens is 3. The van der Waals surface area contributed by atoms with E-state index in [1.165, 1.54) is 17.0 Å². The zero-order valence-corrected chi connectivity index (χ0v) is 12.8. The van der Waals surface area contributed by atoms with E-state index < -0.39 is 22.1 Å². The molecule has 1 amide bonds. The van der Waals surface area contributed by atoms with Crippen molar-refractivity contribution in [1.82, 2.24) is 9.62 Å². The SMILES string of the molecule is O=C(Cc1cccc(OC(F)(F)F)c1)N1CCNS(=O)(=O)CC1. The lowest BCUT2D eigenvalue weighted by atomic mass is 10.1. The maximum Gasteiger partial charge on any atom is 0.573 e. The molecule has 6 nitrogen and oxygen atoms in total. The normalized spacial score (nSPS) is 18.3. The third kappa shape index (κ3) is 5.71. The minimum absolute atomic E-state index is 0.0485. The van der Waals surface area contributed by atoms with Gasteiger partial charge in [-0.1, -0.05) is 12.1 Å². The van der Waals surface area contributed by atoms with Gasteiger partial charge >= 0.3 is 6.36 Å². The molecule has 0 unspecified atom stereocenters. The van der Waals surface area contributed by atoms with Gasteiger partial charge in [0.15, 0.2) is 0 Å². The molecule has 0 aromatic heterocycles. The molecular formula is C13H15F3N2O4S. The molecule has 0 atom stereocenters. The molecule has 1 N–H and O–H groups in total. The van der Waals surface area contributed by atoms with Gasteiger partial charge in [-0.15, -0.1) is 13.2 Å². The molecule has 0 aliphatic carbocycles. The fourth-order valence-electron chi connectivity index (χ4n) is 2.14. The third-order valence-electron chi connectivity index (χ3n) is 3.17. The molecule has 0 saturated carbocycles. The largest absolute Gasteiger partial charge is 0.573 e. The smallest absolute Gasteiger partial charge is 0.406 e. The first-order chi connectivity index (χ1) is 10.6. The number of sulfonamides is 1. The highest BCUT2D eigenvalue weighted by Crippen LogP contribution is 2.23. The predicted octanol–water partition coefficient (Wildman–Crippen LogP) is 0.889. The number of nitrogens with one attached hydrogen (secondary N) is 1. The van der Waals surface area contributed by atoms with Crippen LogP contribution in [-0.4, -0.2) is 51.0 Å². The van der Waals surface area contributed by atoms with Crippen LogP contribution in [0.1, 0.15) is 5.56 Å². The Hall–Kier alpha value is -1.81. The molecule has 23 heavy (non-hydrogen) atoms. The van der Waals surface area contributed by atoms with E-state index in [9.17, 15) is 26.4 Å². The Labute approximate surface area is 131 Å². The molecule has 1 fully saturated rings. The van der Waals surface area contributed by atoms with Gasteiger partial charge in [0, 0.05) is 19.6 Å². The summed E-state index contributed by atoms with van der Waals surface area (Å²) < 4.78 is 65.5. The van der Waals surface area contributed by atoms with Gasteiger partial charge in [0.25, 0.3) is 0 Å². The van der Waals surface area contributed by atoms with Crippen LogP contribution in [0.15, 0.2) is 24.3 Å². The number of carbonyl (C=O) groups excluding carboxylic acids is 1. The highest BCUT2D eigenvalue weighted by atomic mass is 32.2. The van der Waals surface area contributed by atoms with E-state index in [1.54, 1.807) is 0 Å². The third-order valence-corrected chi connectivity index (χ3v) is 4.54.